The second-order valence-electron chi connectivity index (χ2n) is 5.33. The summed E-state index contributed by atoms with van der Waals surface area (Å²) in [6, 6.07) is 2.41. The van der Waals surface area contributed by atoms with E-state index in [4.69, 9.17) is 0 Å². The molecule has 18 heavy (non-hydrogen) atoms. The lowest BCUT2D eigenvalue weighted by Crippen LogP contribution is -2.41. The average molecular weight is 312 g/mol. The molecule has 2 saturated heterocycles. The van der Waals surface area contributed by atoms with Crippen LogP contribution < -0.4 is 5.32 Å². The molecule has 0 bridgehead atoms. The Kier molecular flexibility index (Phi) is 3.20. The summed E-state index contributed by atoms with van der Waals surface area (Å²) in [6.45, 7) is 2.85. The number of piperidine rings is 1. The second-order valence-corrected chi connectivity index (χ2v) is 6.24. The zero-order valence-electron chi connectivity index (χ0n) is 10.5. The number of aryl methyl sites for hydroxylation is 1. The van der Waals surface area contributed by atoms with E-state index in [1.165, 1.54) is 12.8 Å². The first-order valence-electron chi connectivity index (χ1n) is 6.49. The van der Waals surface area contributed by atoms with Crippen LogP contribution in [0, 0.1) is 5.92 Å². The number of carbonyl (C=O) groups excluding carboxylic acids is 1. The fourth-order valence-electron chi connectivity index (χ4n) is 3.11. The highest BCUT2D eigenvalue weighted by molar-refractivity contribution is 9.10. The predicted octanol–water partition coefficient (Wildman–Crippen LogP) is 1.61. The fraction of sp³-hybridized carbons (Fsp3) is 0.615. The van der Waals surface area contributed by atoms with Crippen molar-refractivity contribution in [2.24, 2.45) is 13.0 Å². The van der Waals surface area contributed by atoms with Crippen molar-refractivity contribution < 1.29 is 4.79 Å². The van der Waals surface area contributed by atoms with Gasteiger partial charge in [-0.25, -0.2) is 0 Å². The zero-order valence-corrected chi connectivity index (χ0v) is 12.1. The Bertz CT molecular complexity index is 457. The molecule has 0 saturated carbocycles. The van der Waals surface area contributed by atoms with E-state index in [0.29, 0.717) is 12.0 Å². The largest absolute Gasteiger partial charge is 0.345 e. The van der Waals surface area contributed by atoms with E-state index < -0.39 is 0 Å². The van der Waals surface area contributed by atoms with Crippen molar-refractivity contribution in [3.05, 3.63) is 22.4 Å². The molecule has 2 unspecified atom stereocenters. The van der Waals surface area contributed by atoms with Crippen LogP contribution in [0.1, 0.15) is 23.3 Å². The van der Waals surface area contributed by atoms with Crippen molar-refractivity contribution in [1.82, 2.24) is 14.8 Å². The van der Waals surface area contributed by atoms with Gasteiger partial charge in [0.25, 0.3) is 5.91 Å². The van der Waals surface area contributed by atoms with Crippen molar-refractivity contribution in [1.29, 1.82) is 0 Å². The van der Waals surface area contributed by atoms with Crippen LogP contribution in [-0.2, 0) is 7.05 Å². The number of carbonyl (C=O) groups is 1. The third-order valence-electron chi connectivity index (χ3n) is 4.08. The molecule has 3 rings (SSSR count). The molecule has 1 aromatic rings. The molecule has 1 amide bonds. The van der Waals surface area contributed by atoms with Crippen LogP contribution in [0.15, 0.2) is 16.7 Å². The Hall–Kier alpha value is -0.810. The molecule has 0 radical (unpaired) electrons. The minimum atomic E-state index is 0.152. The highest BCUT2D eigenvalue weighted by Crippen LogP contribution is 2.26. The van der Waals surface area contributed by atoms with Gasteiger partial charge in [-0.15, -0.1) is 0 Å². The van der Waals surface area contributed by atoms with Gasteiger partial charge in [0, 0.05) is 36.8 Å². The van der Waals surface area contributed by atoms with Crippen molar-refractivity contribution in [3.8, 4) is 0 Å². The van der Waals surface area contributed by atoms with Gasteiger partial charge < -0.3 is 14.8 Å². The van der Waals surface area contributed by atoms with Crippen LogP contribution >= 0.6 is 15.9 Å². The molecule has 2 atom stereocenters. The number of nitrogens with zero attached hydrogens (tertiary/aromatic N) is 2. The normalized spacial score (nSPS) is 27.3. The zero-order chi connectivity index (χ0) is 12.7. The van der Waals surface area contributed by atoms with Crippen LogP contribution in [0.3, 0.4) is 0 Å². The maximum absolute atomic E-state index is 12.5. The van der Waals surface area contributed by atoms with Gasteiger partial charge in [0.1, 0.15) is 5.69 Å². The van der Waals surface area contributed by atoms with Crippen LogP contribution in [-0.4, -0.2) is 41.1 Å². The predicted molar refractivity (Wildman–Crippen MR) is 73.5 cm³/mol. The SMILES string of the molecule is Cn1cc(Br)cc1C(=O)N1CC2CCCNC2C1. The highest BCUT2D eigenvalue weighted by atomic mass is 79.9. The van der Waals surface area contributed by atoms with E-state index in [1.54, 1.807) is 0 Å². The summed E-state index contributed by atoms with van der Waals surface area (Å²) in [7, 11) is 1.92. The first-order valence-corrected chi connectivity index (χ1v) is 7.29. The monoisotopic (exact) mass is 311 g/mol. The van der Waals surface area contributed by atoms with Crippen LogP contribution in [0.4, 0.5) is 0 Å². The number of hydrogen-bond donors (Lipinski definition) is 1. The molecule has 0 aromatic carbocycles. The number of amides is 1. The van der Waals surface area contributed by atoms with Crippen molar-refractivity contribution >= 4 is 21.8 Å². The Morgan fingerprint density at radius 2 is 2.33 bits per heavy atom. The van der Waals surface area contributed by atoms with Gasteiger partial charge in [0.2, 0.25) is 0 Å². The van der Waals surface area contributed by atoms with E-state index in [-0.39, 0.29) is 5.91 Å². The summed E-state index contributed by atoms with van der Waals surface area (Å²) < 4.78 is 2.85. The van der Waals surface area contributed by atoms with Crippen molar-refractivity contribution in [3.63, 3.8) is 0 Å². The second kappa shape index (κ2) is 4.70. The van der Waals surface area contributed by atoms with Crippen LogP contribution in [0.25, 0.3) is 0 Å². The van der Waals surface area contributed by atoms with Crippen molar-refractivity contribution in [2.75, 3.05) is 19.6 Å². The summed E-state index contributed by atoms with van der Waals surface area (Å²) in [5, 5.41) is 3.53. The summed E-state index contributed by atoms with van der Waals surface area (Å²) >= 11 is 3.42. The molecule has 0 spiro atoms. The molecule has 1 N–H and O–H groups in total. The number of hydrogen-bond acceptors (Lipinski definition) is 2. The van der Waals surface area contributed by atoms with Gasteiger partial charge in [-0.05, 0) is 47.3 Å². The van der Waals surface area contributed by atoms with Gasteiger partial charge in [-0.1, -0.05) is 0 Å². The minimum absolute atomic E-state index is 0.152. The Morgan fingerprint density at radius 1 is 1.50 bits per heavy atom. The molecule has 2 aliphatic rings. The van der Waals surface area contributed by atoms with Gasteiger partial charge in [0.05, 0.1) is 0 Å². The van der Waals surface area contributed by atoms with Gasteiger partial charge >= 0.3 is 0 Å². The first kappa shape index (κ1) is 12.2. The van der Waals surface area contributed by atoms with E-state index in [2.05, 4.69) is 21.2 Å². The molecular formula is C13H18BrN3O. The summed E-state index contributed by atoms with van der Waals surface area (Å²) in [5.41, 5.74) is 0.764. The van der Waals surface area contributed by atoms with Crippen LogP contribution in [0.2, 0.25) is 0 Å². The lowest BCUT2D eigenvalue weighted by molar-refractivity contribution is 0.0776. The third kappa shape index (κ3) is 2.10. The molecule has 2 fully saturated rings. The standard InChI is InChI=1S/C13H18BrN3O/c1-16-7-10(14)5-12(16)13(18)17-6-9-3-2-4-15-11(9)8-17/h5,7,9,11,15H,2-4,6,8H2,1H3. The smallest absolute Gasteiger partial charge is 0.270 e. The Labute approximate surface area is 115 Å². The lowest BCUT2D eigenvalue weighted by Gasteiger charge is -2.24. The molecule has 2 aliphatic heterocycles. The molecule has 5 heteroatoms. The fourth-order valence-corrected chi connectivity index (χ4v) is 3.64. The first-order chi connectivity index (χ1) is 8.65. The number of halogens is 1. The number of aromatic nitrogens is 1. The minimum Gasteiger partial charge on any atom is -0.345 e. The molecule has 98 valence electrons. The highest BCUT2D eigenvalue weighted by Gasteiger charge is 2.37. The lowest BCUT2D eigenvalue weighted by atomic mass is 9.94. The van der Waals surface area contributed by atoms with Gasteiger partial charge in [0.15, 0.2) is 0 Å². The molecule has 1 aromatic heterocycles. The van der Waals surface area contributed by atoms with E-state index in [1.807, 2.05) is 28.8 Å². The van der Waals surface area contributed by atoms with Gasteiger partial charge in [-0.2, -0.15) is 0 Å². The Balaban J connectivity index is 1.76. The molecule has 0 aliphatic carbocycles. The Morgan fingerprint density at radius 3 is 3.00 bits per heavy atom. The molecule has 3 heterocycles. The van der Waals surface area contributed by atoms with E-state index in [0.717, 1.165) is 29.8 Å². The number of nitrogens with one attached hydrogen (secondary N) is 1. The third-order valence-corrected chi connectivity index (χ3v) is 4.51. The number of likely N-dealkylation sites (tertiary alicyclic amines) is 1. The van der Waals surface area contributed by atoms with Crippen molar-refractivity contribution in [2.45, 2.75) is 18.9 Å². The van der Waals surface area contributed by atoms with E-state index in [9.17, 15) is 4.79 Å². The topological polar surface area (TPSA) is 37.3 Å². The van der Waals surface area contributed by atoms with E-state index >= 15 is 0 Å². The average Bonchev–Trinajstić information content (AvgIpc) is 2.91. The quantitative estimate of drug-likeness (QED) is 0.855. The summed E-state index contributed by atoms with van der Waals surface area (Å²) in [4.78, 5) is 14.5. The number of fused-ring (bicyclic) bond motifs is 1. The summed E-state index contributed by atoms with van der Waals surface area (Å²) in [5.74, 6) is 0.797. The number of rotatable bonds is 1. The molecular weight excluding hydrogens is 294 g/mol. The van der Waals surface area contributed by atoms with Gasteiger partial charge in [-0.3, -0.25) is 4.79 Å². The maximum Gasteiger partial charge on any atom is 0.270 e. The maximum atomic E-state index is 12.5. The van der Waals surface area contributed by atoms with Crippen LogP contribution in [0.5, 0.6) is 0 Å². The molecule has 4 nitrogen and oxygen atoms in total. The summed E-state index contributed by atoms with van der Waals surface area (Å²) in [6.07, 6.45) is 4.41.